The Morgan fingerprint density at radius 1 is 1.14 bits per heavy atom. The van der Waals surface area contributed by atoms with E-state index in [0.29, 0.717) is 42.9 Å². The molecule has 3 fully saturated rings. The molecule has 1 saturated heterocycles. The zero-order valence-corrected chi connectivity index (χ0v) is 13.5. The lowest BCUT2D eigenvalue weighted by Crippen LogP contribution is -2.41. The largest absolute Gasteiger partial charge is 0.351 e. The molecule has 22 heavy (non-hydrogen) atoms. The minimum absolute atomic E-state index is 0.180. The fourth-order valence-electron chi connectivity index (χ4n) is 2.76. The van der Waals surface area contributed by atoms with E-state index >= 15 is 0 Å². The van der Waals surface area contributed by atoms with Crippen LogP contribution in [0.1, 0.15) is 37.9 Å². The van der Waals surface area contributed by atoms with Gasteiger partial charge in [0.05, 0.1) is 11.5 Å². The Morgan fingerprint density at radius 3 is 2.41 bits per heavy atom. The van der Waals surface area contributed by atoms with Crippen molar-refractivity contribution in [2.75, 3.05) is 34.8 Å². The number of anilines is 2. The molecule has 2 aliphatic carbocycles. The van der Waals surface area contributed by atoms with Gasteiger partial charge in [-0.05, 0) is 25.2 Å². The van der Waals surface area contributed by atoms with E-state index < -0.39 is 9.84 Å². The molecule has 2 heterocycles. The summed E-state index contributed by atoms with van der Waals surface area (Å²) in [4.78, 5) is 15.7. The Bertz CT molecular complexity index is 674. The Hall–Kier alpha value is -1.44. The van der Waals surface area contributed by atoms with Crippen LogP contribution in [0.4, 0.5) is 11.9 Å². The van der Waals surface area contributed by atoms with Crippen LogP contribution in [-0.2, 0) is 9.84 Å². The van der Waals surface area contributed by atoms with Crippen molar-refractivity contribution < 1.29 is 8.42 Å². The highest BCUT2D eigenvalue weighted by Gasteiger charge is 2.38. The summed E-state index contributed by atoms with van der Waals surface area (Å²) in [7, 11) is -2.89. The Morgan fingerprint density at radius 2 is 1.82 bits per heavy atom. The van der Waals surface area contributed by atoms with E-state index in [-0.39, 0.29) is 11.5 Å². The van der Waals surface area contributed by atoms with Crippen LogP contribution >= 0.6 is 0 Å². The second-order valence-corrected chi connectivity index (χ2v) is 9.00. The minimum Gasteiger partial charge on any atom is -0.351 e. The quantitative estimate of drug-likeness (QED) is 0.877. The lowest BCUT2D eigenvalue weighted by molar-refractivity contribution is 0.585. The van der Waals surface area contributed by atoms with Crippen molar-refractivity contribution in [3.05, 3.63) is 5.82 Å². The third kappa shape index (κ3) is 3.02. The molecule has 4 rings (SSSR count). The second kappa shape index (κ2) is 5.04. The van der Waals surface area contributed by atoms with Gasteiger partial charge in [-0.25, -0.2) is 8.42 Å². The predicted molar refractivity (Wildman–Crippen MR) is 83.9 cm³/mol. The molecule has 3 aliphatic rings. The fourth-order valence-corrected chi connectivity index (χ4v) is 3.96. The maximum absolute atomic E-state index is 11.6. The first-order valence-electron chi connectivity index (χ1n) is 7.98. The number of nitrogens with one attached hydrogen (secondary N) is 1. The molecule has 0 aromatic carbocycles. The van der Waals surface area contributed by atoms with Gasteiger partial charge >= 0.3 is 0 Å². The van der Waals surface area contributed by atoms with Gasteiger partial charge in [-0.2, -0.15) is 15.0 Å². The number of hydrogen-bond donors (Lipinski definition) is 1. The molecule has 2 saturated carbocycles. The zero-order chi connectivity index (χ0) is 15.3. The number of sulfone groups is 1. The van der Waals surface area contributed by atoms with E-state index in [0.717, 1.165) is 25.1 Å². The van der Waals surface area contributed by atoms with Gasteiger partial charge in [-0.1, -0.05) is 6.92 Å². The summed E-state index contributed by atoms with van der Waals surface area (Å²) in [6.45, 7) is 3.14. The normalized spacial score (nSPS) is 30.1. The molecule has 1 aromatic rings. The molecule has 2 atom stereocenters. The first-order valence-corrected chi connectivity index (χ1v) is 9.80. The van der Waals surface area contributed by atoms with Crippen LogP contribution in [0.15, 0.2) is 0 Å². The molecule has 120 valence electrons. The molecule has 0 amide bonds. The number of aromatic nitrogens is 3. The van der Waals surface area contributed by atoms with Gasteiger partial charge in [-0.15, -0.1) is 0 Å². The predicted octanol–water partition coefficient (Wildman–Crippen LogP) is 0.804. The molecule has 0 bridgehead atoms. The van der Waals surface area contributed by atoms with Gasteiger partial charge in [0.2, 0.25) is 11.9 Å². The average molecular weight is 323 g/mol. The summed E-state index contributed by atoms with van der Waals surface area (Å²) >= 11 is 0. The summed E-state index contributed by atoms with van der Waals surface area (Å²) in [5.41, 5.74) is 0. The highest BCUT2D eigenvalue weighted by atomic mass is 32.2. The van der Waals surface area contributed by atoms with E-state index in [1.165, 1.54) is 0 Å². The van der Waals surface area contributed by atoms with Crippen molar-refractivity contribution in [2.24, 2.45) is 5.92 Å². The van der Waals surface area contributed by atoms with Crippen LogP contribution < -0.4 is 10.2 Å². The highest BCUT2D eigenvalue weighted by molar-refractivity contribution is 7.91. The van der Waals surface area contributed by atoms with Crippen molar-refractivity contribution >= 4 is 21.7 Å². The van der Waals surface area contributed by atoms with Gasteiger partial charge in [0.1, 0.15) is 5.82 Å². The molecule has 0 spiro atoms. The van der Waals surface area contributed by atoms with Crippen LogP contribution in [0, 0.1) is 5.92 Å². The molecule has 0 radical (unpaired) electrons. The lowest BCUT2D eigenvalue weighted by Gasteiger charge is -2.27. The lowest BCUT2D eigenvalue weighted by atomic mass is 10.3. The number of hydrogen-bond acceptors (Lipinski definition) is 7. The van der Waals surface area contributed by atoms with E-state index in [1.807, 2.05) is 4.90 Å². The molecule has 7 nitrogen and oxygen atoms in total. The minimum atomic E-state index is -2.89. The Balaban J connectivity index is 1.59. The molecule has 1 aliphatic heterocycles. The van der Waals surface area contributed by atoms with Gasteiger partial charge in [0.15, 0.2) is 9.84 Å². The maximum atomic E-state index is 11.6. The Kier molecular flexibility index (Phi) is 3.25. The Labute approximate surface area is 130 Å². The third-order valence-corrected chi connectivity index (χ3v) is 6.23. The first-order chi connectivity index (χ1) is 10.5. The zero-order valence-electron chi connectivity index (χ0n) is 12.7. The van der Waals surface area contributed by atoms with Crippen molar-refractivity contribution in [1.82, 2.24) is 15.0 Å². The molecular weight excluding hydrogens is 302 g/mol. The van der Waals surface area contributed by atoms with Gasteiger partial charge < -0.3 is 10.2 Å². The first kappa shape index (κ1) is 14.2. The monoisotopic (exact) mass is 323 g/mol. The molecule has 1 aromatic heterocycles. The van der Waals surface area contributed by atoms with Crippen LogP contribution in [0.5, 0.6) is 0 Å². The van der Waals surface area contributed by atoms with Gasteiger partial charge in [-0.3, -0.25) is 0 Å². The van der Waals surface area contributed by atoms with Gasteiger partial charge in [0, 0.05) is 25.0 Å². The number of rotatable bonds is 4. The fraction of sp³-hybridized carbons (Fsp3) is 0.786. The van der Waals surface area contributed by atoms with E-state index in [4.69, 9.17) is 0 Å². The summed E-state index contributed by atoms with van der Waals surface area (Å²) in [6, 6.07) is 0.487. The van der Waals surface area contributed by atoms with Crippen molar-refractivity contribution in [2.45, 2.75) is 38.1 Å². The highest BCUT2D eigenvalue weighted by Crippen LogP contribution is 2.45. The number of nitrogens with zero attached hydrogens (tertiary/aromatic N) is 4. The van der Waals surface area contributed by atoms with Crippen molar-refractivity contribution in [3.8, 4) is 0 Å². The summed E-state index contributed by atoms with van der Waals surface area (Å²) in [5, 5.41) is 3.34. The van der Waals surface area contributed by atoms with Crippen molar-refractivity contribution in [1.29, 1.82) is 0 Å². The maximum Gasteiger partial charge on any atom is 0.230 e. The van der Waals surface area contributed by atoms with E-state index in [2.05, 4.69) is 27.2 Å². The summed E-state index contributed by atoms with van der Waals surface area (Å²) in [6.07, 6.45) is 3.46. The molecule has 2 unspecified atom stereocenters. The molecule has 1 N–H and O–H groups in total. The third-order valence-electron chi connectivity index (χ3n) is 4.62. The summed E-state index contributed by atoms with van der Waals surface area (Å²) < 4.78 is 23.2. The van der Waals surface area contributed by atoms with Crippen molar-refractivity contribution in [3.63, 3.8) is 0 Å². The summed E-state index contributed by atoms with van der Waals surface area (Å²) in [5.74, 6) is 3.55. The van der Waals surface area contributed by atoms with Crippen LogP contribution in [0.2, 0.25) is 0 Å². The van der Waals surface area contributed by atoms with E-state index in [1.54, 1.807) is 0 Å². The van der Waals surface area contributed by atoms with Crippen LogP contribution in [-0.4, -0.2) is 54.0 Å². The van der Waals surface area contributed by atoms with E-state index in [9.17, 15) is 8.42 Å². The standard InChI is InChI=1S/C14H21N5O2S/c1-9-8-11(9)12-16-13(15-10-2-3-10)18-14(17-12)19-4-6-22(20,21)7-5-19/h9-11H,2-8H2,1H3,(H,15,16,17,18). The van der Waals surface area contributed by atoms with Crippen LogP contribution in [0.25, 0.3) is 0 Å². The molecule has 8 heteroatoms. The average Bonchev–Trinajstić information content (AvgIpc) is 3.37. The topological polar surface area (TPSA) is 88.1 Å². The smallest absolute Gasteiger partial charge is 0.230 e. The van der Waals surface area contributed by atoms with Crippen LogP contribution in [0.3, 0.4) is 0 Å². The molecular formula is C14H21N5O2S. The SMILES string of the molecule is CC1CC1c1nc(NC2CC2)nc(N2CCS(=O)(=O)CC2)n1. The second-order valence-electron chi connectivity index (χ2n) is 6.69. The van der Waals surface area contributed by atoms with Gasteiger partial charge in [0.25, 0.3) is 0 Å².